The van der Waals surface area contributed by atoms with Gasteiger partial charge in [-0.2, -0.15) is 5.10 Å². The normalized spacial score (nSPS) is 21.4. The molecule has 8 heteroatoms. The lowest BCUT2D eigenvalue weighted by Gasteiger charge is -2.22. The Kier molecular flexibility index (Phi) is 4.46. The summed E-state index contributed by atoms with van der Waals surface area (Å²) in [5, 5.41) is 13.0. The predicted octanol–water partition coefficient (Wildman–Crippen LogP) is 1.35. The first kappa shape index (κ1) is 16.2. The highest BCUT2D eigenvalue weighted by molar-refractivity contribution is 5.34. The van der Waals surface area contributed by atoms with Gasteiger partial charge in [-0.3, -0.25) is 19.0 Å². The maximum atomic E-state index is 5.63. The van der Waals surface area contributed by atoms with Gasteiger partial charge in [0.25, 0.3) is 0 Å². The van der Waals surface area contributed by atoms with Crippen molar-refractivity contribution in [3.8, 4) is 0 Å². The Morgan fingerprint density at radius 2 is 2.20 bits per heavy atom. The van der Waals surface area contributed by atoms with Gasteiger partial charge in [0.05, 0.1) is 24.5 Å². The second-order valence-electron chi connectivity index (χ2n) is 6.42. The fourth-order valence-corrected chi connectivity index (χ4v) is 3.53. The Bertz CT molecular complexity index is 842. The van der Waals surface area contributed by atoms with Crippen LogP contribution in [0.25, 0.3) is 5.65 Å². The van der Waals surface area contributed by atoms with Crippen molar-refractivity contribution in [3.05, 3.63) is 42.4 Å². The van der Waals surface area contributed by atoms with Gasteiger partial charge in [-0.15, -0.1) is 10.2 Å². The number of hydrogen-bond donors (Lipinski definition) is 0. The van der Waals surface area contributed by atoms with E-state index in [-0.39, 0.29) is 12.1 Å². The van der Waals surface area contributed by atoms with Crippen molar-refractivity contribution >= 4 is 5.65 Å². The van der Waals surface area contributed by atoms with Crippen LogP contribution in [0.4, 0.5) is 0 Å². The van der Waals surface area contributed by atoms with Crippen LogP contribution >= 0.6 is 0 Å². The maximum absolute atomic E-state index is 5.63. The third kappa shape index (κ3) is 3.14. The van der Waals surface area contributed by atoms with Crippen molar-refractivity contribution < 1.29 is 4.74 Å². The molecule has 0 aromatic carbocycles. The zero-order chi connectivity index (χ0) is 17.2. The van der Waals surface area contributed by atoms with E-state index in [9.17, 15) is 0 Å². The molecule has 0 bridgehead atoms. The second kappa shape index (κ2) is 6.89. The molecule has 4 rings (SSSR count). The third-order valence-electron chi connectivity index (χ3n) is 4.94. The molecule has 8 nitrogen and oxygen atoms in total. The van der Waals surface area contributed by atoms with Gasteiger partial charge >= 0.3 is 0 Å². The van der Waals surface area contributed by atoms with Crippen molar-refractivity contribution in [1.29, 1.82) is 0 Å². The van der Waals surface area contributed by atoms with Crippen molar-refractivity contribution in [3.63, 3.8) is 0 Å². The fourth-order valence-electron chi connectivity index (χ4n) is 3.53. The monoisotopic (exact) mass is 341 g/mol. The highest BCUT2D eigenvalue weighted by Crippen LogP contribution is 2.32. The molecule has 1 saturated heterocycles. The molecule has 0 radical (unpaired) electrons. The van der Waals surface area contributed by atoms with Gasteiger partial charge in [0, 0.05) is 45.3 Å². The molecule has 2 atom stereocenters. The van der Waals surface area contributed by atoms with Crippen LogP contribution in [0.2, 0.25) is 0 Å². The van der Waals surface area contributed by atoms with E-state index in [4.69, 9.17) is 4.74 Å². The Balaban J connectivity index is 1.54. The van der Waals surface area contributed by atoms with Gasteiger partial charge in [0.15, 0.2) is 11.5 Å². The van der Waals surface area contributed by atoms with Gasteiger partial charge in [0.1, 0.15) is 0 Å². The van der Waals surface area contributed by atoms with Gasteiger partial charge in [-0.25, -0.2) is 0 Å². The van der Waals surface area contributed by atoms with Crippen molar-refractivity contribution in [2.45, 2.75) is 38.5 Å². The number of fused-ring (bicyclic) bond motifs is 1. The zero-order valence-corrected chi connectivity index (χ0v) is 14.6. The Morgan fingerprint density at radius 1 is 1.28 bits per heavy atom. The first-order valence-electron chi connectivity index (χ1n) is 8.71. The van der Waals surface area contributed by atoms with Gasteiger partial charge < -0.3 is 4.74 Å². The molecule has 132 valence electrons. The molecule has 0 saturated carbocycles. The van der Waals surface area contributed by atoms with Gasteiger partial charge in [-0.1, -0.05) is 0 Å². The molecular weight excluding hydrogens is 318 g/mol. The number of nitrogens with zero attached hydrogens (tertiary/aromatic N) is 7. The average Bonchev–Trinajstić information content (AvgIpc) is 3.36. The molecule has 3 aromatic heterocycles. The Labute approximate surface area is 146 Å². The summed E-state index contributed by atoms with van der Waals surface area (Å²) >= 11 is 0. The Hall–Kier alpha value is -2.32. The third-order valence-corrected chi connectivity index (χ3v) is 4.94. The summed E-state index contributed by atoms with van der Waals surface area (Å²) in [4.78, 5) is 6.56. The minimum atomic E-state index is 0.198. The zero-order valence-electron chi connectivity index (χ0n) is 14.6. The summed E-state index contributed by atoms with van der Waals surface area (Å²) in [6, 6.07) is 0.198. The summed E-state index contributed by atoms with van der Waals surface area (Å²) in [5.41, 5.74) is 2.04. The van der Waals surface area contributed by atoms with Crippen LogP contribution in [0.15, 0.2) is 31.0 Å². The fraction of sp³-hybridized carbons (Fsp3) is 0.529. The van der Waals surface area contributed by atoms with E-state index in [2.05, 4.69) is 38.3 Å². The molecule has 4 heterocycles. The topological polar surface area (TPSA) is 73.4 Å². The van der Waals surface area contributed by atoms with E-state index >= 15 is 0 Å². The summed E-state index contributed by atoms with van der Waals surface area (Å²) in [7, 11) is 1.78. The molecule has 0 spiro atoms. The number of ether oxygens (including phenoxy) is 1. The minimum absolute atomic E-state index is 0.198. The first-order chi connectivity index (χ1) is 12.3. The lowest BCUT2D eigenvalue weighted by atomic mass is 10.1. The van der Waals surface area contributed by atoms with E-state index in [0.717, 1.165) is 43.9 Å². The average molecular weight is 341 g/mol. The van der Waals surface area contributed by atoms with E-state index in [0.29, 0.717) is 0 Å². The lowest BCUT2D eigenvalue weighted by Crippen LogP contribution is -2.28. The quantitative estimate of drug-likeness (QED) is 0.674. The smallest absolute Gasteiger partial charge is 0.179 e. The van der Waals surface area contributed by atoms with Crippen molar-refractivity contribution in [2.75, 3.05) is 20.2 Å². The molecule has 0 unspecified atom stereocenters. The van der Waals surface area contributed by atoms with Crippen molar-refractivity contribution in [2.24, 2.45) is 0 Å². The number of aryl methyl sites for hydroxylation is 1. The molecule has 1 aliphatic rings. The van der Waals surface area contributed by atoms with Crippen LogP contribution in [0.1, 0.15) is 30.8 Å². The van der Waals surface area contributed by atoms with E-state index in [1.807, 2.05) is 21.5 Å². The second-order valence-corrected chi connectivity index (χ2v) is 6.42. The lowest BCUT2D eigenvalue weighted by molar-refractivity contribution is 0.108. The van der Waals surface area contributed by atoms with E-state index < -0.39 is 0 Å². The highest BCUT2D eigenvalue weighted by atomic mass is 16.5. The number of rotatable bonds is 6. The molecule has 1 aliphatic heterocycles. The molecule has 0 N–H and O–H groups in total. The largest absolute Gasteiger partial charge is 0.380 e. The molecule has 0 amide bonds. The Morgan fingerprint density at radius 3 is 3.00 bits per heavy atom. The van der Waals surface area contributed by atoms with Crippen LogP contribution in [0.3, 0.4) is 0 Å². The van der Waals surface area contributed by atoms with Crippen LogP contribution < -0.4 is 0 Å². The first-order valence-corrected chi connectivity index (χ1v) is 8.71. The molecule has 1 fully saturated rings. The number of likely N-dealkylation sites (tertiary alicyclic amines) is 1. The minimum Gasteiger partial charge on any atom is -0.380 e. The number of hydrogen-bond acceptors (Lipinski definition) is 6. The van der Waals surface area contributed by atoms with Crippen LogP contribution in [-0.4, -0.2) is 60.6 Å². The van der Waals surface area contributed by atoms with E-state index in [1.165, 1.54) is 5.56 Å². The maximum Gasteiger partial charge on any atom is 0.179 e. The SMILES string of the molecule is CCn1cc(CCN2C[C@H](OC)C[C@H]2c2nnc3cnccn23)cn1. The highest BCUT2D eigenvalue weighted by Gasteiger charge is 2.35. The summed E-state index contributed by atoms with van der Waals surface area (Å²) in [6.07, 6.45) is 11.6. The van der Waals surface area contributed by atoms with Gasteiger partial charge in [0.2, 0.25) is 0 Å². The molecule has 25 heavy (non-hydrogen) atoms. The number of aromatic nitrogens is 6. The standard InChI is InChI=1S/C17H23N7O/c1-3-23-11-13(9-19-23)4-6-22-12-14(25-2)8-15(22)17-21-20-16-10-18-5-7-24(16)17/h5,7,9-11,14-15H,3-4,6,8,12H2,1-2H3/t14-,15+/m1/s1. The molecule has 0 aliphatic carbocycles. The summed E-state index contributed by atoms with van der Waals surface area (Å²) in [5.74, 6) is 0.959. The molecule has 3 aromatic rings. The summed E-state index contributed by atoms with van der Waals surface area (Å²) in [6.45, 7) is 4.85. The van der Waals surface area contributed by atoms with Crippen LogP contribution in [-0.2, 0) is 17.7 Å². The van der Waals surface area contributed by atoms with E-state index in [1.54, 1.807) is 19.5 Å². The summed E-state index contributed by atoms with van der Waals surface area (Å²) < 4.78 is 9.62. The van der Waals surface area contributed by atoms with Crippen LogP contribution in [0.5, 0.6) is 0 Å². The van der Waals surface area contributed by atoms with Gasteiger partial charge in [-0.05, 0) is 25.3 Å². The molecular formula is C17H23N7O. The number of methoxy groups -OCH3 is 1. The van der Waals surface area contributed by atoms with Crippen LogP contribution in [0, 0.1) is 0 Å². The predicted molar refractivity (Wildman–Crippen MR) is 92.1 cm³/mol. The van der Waals surface area contributed by atoms with Crippen molar-refractivity contribution in [1.82, 2.24) is 34.3 Å².